The minimum absolute atomic E-state index is 0.0301. The van der Waals surface area contributed by atoms with Crippen molar-refractivity contribution >= 4 is 11.9 Å². The second kappa shape index (κ2) is 7.37. The molecule has 0 saturated carbocycles. The first-order chi connectivity index (χ1) is 10.6. The number of amides is 1. The van der Waals surface area contributed by atoms with Crippen molar-refractivity contribution in [2.24, 2.45) is 0 Å². The highest BCUT2D eigenvalue weighted by atomic mass is 16.5. The number of ether oxygens (including phenoxy) is 1. The molecule has 1 aromatic heterocycles. The molecule has 116 valence electrons. The minimum atomic E-state index is -1.13. The van der Waals surface area contributed by atoms with Crippen LogP contribution in [0.4, 0.5) is 0 Å². The Kier molecular flexibility index (Phi) is 5.26. The highest BCUT2D eigenvalue weighted by molar-refractivity contribution is 5.95. The van der Waals surface area contributed by atoms with Crippen LogP contribution in [0.25, 0.3) is 11.3 Å². The average Bonchev–Trinajstić information content (AvgIpc) is 3.02. The smallest absolute Gasteiger partial charge is 0.326 e. The molecule has 1 aromatic carbocycles. The number of methoxy groups -OCH3 is 1. The second-order valence-corrected chi connectivity index (χ2v) is 4.59. The van der Waals surface area contributed by atoms with Gasteiger partial charge >= 0.3 is 5.97 Å². The van der Waals surface area contributed by atoms with Crippen LogP contribution in [-0.2, 0) is 9.53 Å². The van der Waals surface area contributed by atoms with Crippen LogP contribution in [-0.4, -0.2) is 41.9 Å². The van der Waals surface area contributed by atoms with Crippen LogP contribution < -0.4 is 5.32 Å². The quantitative estimate of drug-likeness (QED) is 0.805. The van der Waals surface area contributed by atoms with E-state index in [-0.39, 0.29) is 18.7 Å². The van der Waals surface area contributed by atoms with Gasteiger partial charge in [0.15, 0.2) is 11.5 Å². The Labute approximate surface area is 126 Å². The first-order valence-electron chi connectivity index (χ1n) is 6.66. The van der Waals surface area contributed by atoms with Gasteiger partial charge < -0.3 is 19.7 Å². The molecule has 0 bridgehead atoms. The van der Waals surface area contributed by atoms with E-state index in [1.54, 1.807) is 0 Å². The van der Waals surface area contributed by atoms with Crippen molar-refractivity contribution in [1.82, 2.24) is 10.5 Å². The number of carbonyl (C=O) groups is 2. The molecule has 7 heteroatoms. The molecule has 0 radical (unpaired) electrons. The van der Waals surface area contributed by atoms with Crippen LogP contribution in [0.15, 0.2) is 40.9 Å². The summed E-state index contributed by atoms with van der Waals surface area (Å²) in [5, 5.41) is 15.1. The summed E-state index contributed by atoms with van der Waals surface area (Å²) in [6.45, 7) is 0.228. The minimum Gasteiger partial charge on any atom is -0.480 e. The topological polar surface area (TPSA) is 102 Å². The Morgan fingerprint density at radius 2 is 2.09 bits per heavy atom. The van der Waals surface area contributed by atoms with E-state index < -0.39 is 17.9 Å². The molecular weight excluding hydrogens is 288 g/mol. The largest absolute Gasteiger partial charge is 0.480 e. The van der Waals surface area contributed by atoms with Crippen LogP contribution in [0.3, 0.4) is 0 Å². The number of hydrogen-bond acceptors (Lipinski definition) is 5. The molecule has 1 atom stereocenters. The van der Waals surface area contributed by atoms with E-state index in [0.717, 1.165) is 5.56 Å². The van der Waals surface area contributed by atoms with Crippen LogP contribution in [0.1, 0.15) is 16.9 Å². The fourth-order valence-corrected chi connectivity index (χ4v) is 1.85. The van der Waals surface area contributed by atoms with E-state index in [1.165, 1.54) is 13.2 Å². The van der Waals surface area contributed by atoms with E-state index in [1.807, 2.05) is 30.3 Å². The molecule has 2 aromatic rings. The predicted molar refractivity (Wildman–Crippen MR) is 77.3 cm³/mol. The Bertz CT molecular complexity index is 638. The van der Waals surface area contributed by atoms with Gasteiger partial charge in [0.05, 0.1) is 0 Å². The fourth-order valence-electron chi connectivity index (χ4n) is 1.85. The first-order valence-corrected chi connectivity index (χ1v) is 6.66. The van der Waals surface area contributed by atoms with E-state index in [0.29, 0.717) is 5.76 Å². The van der Waals surface area contributed by atoms with Crippen LogP contribution in [0.5, 0.6) is 0 Å². The third kappa shape index (κ3) is 3.92. The molecule has 0 saturated heterocycles. The van der Waals surface area contributed by atoms with E-state index in [9.17, 15) is 9.59 Å². The molecule has 2 N–H and O–H groups in total. The molecular formula is C15H16N2O5. The van der Waals surface area contributed by atoms with Gasteiger partial charge in [-0.2, -0.15) is 0 Å². The monoisotopic (exact) mass is 304 g/mol. The van der Waals surface area contributed by atoms with Gasteiger partial charge in [0.2, 0.25) is 0 Å². The number of nitrogens with one attached hydrogen (secondary N) is 1. The maximum atomic E-state index is 12.0. The van der Waals surface area contributed by atoms with Crippen molar-refractivity contribution in [2.75, 3.05) is 13.7 Å². The molecule has 0 fully saturated rings. The Morgan fingerprint density at radius 1 is 1.36 bits per heavy atom. The maximum absolute atomic E-state index is 12.0. The molecule has 0 aliphatic rings. The number of hydrogen-bond donors (Lipinski definition) is 2. The standard InChI is InChI=1S/C15H16N2O5/c1-21-8-7-11(15(19)20)16-14(18)12-9-13(22-17-12)10-5-3-2-4-6-10/h2-6,9,11H,7-8H2,1H3,(H,16,18)(H,19,20). The number of benzene rings is 1. The van der Waals surface area contributed by atoms with Gasteiger partial charge in [-0.15, -0.1) is 0 Å². The third-order valence-corrected chi connectivity index (χ3v) is 3.02. The van der Waals surface area contributed by atoms with Crippen molar-refractivity contribution in [1.29, 1.82) is 0 Å². The number of rotatable bonds is 7. The van der Waals surface area contributed by atoms with E-state index in [4.69, 9.17) is 14.4 Å². The lowest BCUT2D eigenvalue weighted by molar-refractivity contribution is -0.139. The third-order valence-electron chi connectivity index (χ3n) is 3.02. The number of aromatic nitrogens is 1. The van der Waals surface area contributed by atoms with Crippen LogP contribution in [0, 0.1) is 0 Å². The predicted octanol–water partition coefficient (Wildman–Crippen LogP) is 1.56. The molecule has 1 unspecified atom stereocenters. The molecule has 22 heavy (non-hydrogen) atoms. The Morgan fingerprint density at radius 3 is 2.73 bits per heavy atom. The van der Waals surface area contributed by atoms with Crippen molar-refractivity contribution in [3.63, 3.8) is 0 Å². The van der Waals surface area contributed by atoms with Gasteiger partial charge in [0.1, 0.15) is 6.04 Å². The van der Waals surface area contributed by atoms with Gasteiger partial charge in [-0.1, -0.05) is 35.5 Å². The van der Waals surface area contributed by atoms with Gasteiger partial charge in [-0.25, -0.2) is 4.79 Å². The Hall–Kier alpha value is -2.67. The zero-order valence-corrected chi connectivity index (χ0v) is 12.0. The van der Waals surface area contributed by atoms with Crippen molar-refractivity contribution in [2.45, 2.75) is 12.5 Å². The van der Waals surface area contributed by atoms with Crippen molar-refractivity contribution in [3.05, 3.63) is 42.1 Å². The molecule has 0 spiro atoms. The first kappa shape index (κ1) is 15.7. The van der Waals surface area contributed by atoms with E-state index >= 15 is 0 Å². The highest BCUT2D eigenvalue weighted by Crippen LogP contribution is 2.19. The maximum Gasteiger partial charge on any atom is 0.326 e. The molecule has 2 rings (SSSR count). The lowest BCUT2D eigenvalue weighted by Gasteiger charge is -2.12. The summed E-state index contributed by atoms with van der Waals surface area (Å²) in [6.07, 6.45) is 0.168. The summed E-state index contributed by atoms with van der Waals surface area (Å²) in [7, 11) is 1.46. The molecule has 1 amide bonds. The van der Waals surface area contributed by atoms with Gasteiger partial charge in [-0.05, 0) is 0 Å². The van der Waals surface area contributed by atoms with Crippen LogP contribution in [0.2, 0.25) is 0 Å². The zero-order chi connectivity index (χ0) is 15.9. The summed E-state index contributed by atoms with van der Waals surface area (Å²) in [5.41, 5.74) is 0.811. The molecule has 7 nitrogen and oxygen atoms in total. The summed E-state index contributed by atoms with van der Waals surface area (Å²) >= 11 is 0. The van der Waals surface area contributed by atoms with Gasteiger partial charge in [0.25, 0.3) is 5.91 Å². The summed E-state index contributed by atoms with van der Waals surface area (Å²) in [6, 6.07) is 9.61. The number of aliphatic carboxylic acids is 1. The molecule has 1 heterocycles. The number of nitrogens with zero attached hydrogens (tertiary/aromatic N) is 1. The number of carboxylic acids is 1. The SMILES string of the molecule is COCCC(NC(=O)c1cc(-c2ccccc2)on1)C(=O)O. The van der Waals surface area contributed by atoms with Crippen molar-refractivity contribution in [3.8, 4) is 11.3 Å². The summed E-state index contributed by atoms with van der Waals surface area (Å²) in [5.74, 6) is -1.29. The van der Waals surface area contributed by atoms with Crippen LogP contribution >= 0.6 is 0 Å². The number of carboxylic acid groups (broad SMARTS) is 1. The van der Waals surface area contributed by atoms with E-state index in [2.05, 4.69) is 10.5 Å². The zero-order valence-electron chi connectivity index (χ0n) is 12.0. The average molecular weight is 304 g/mol. The lowest BCUT2D eigenvalue weighted by atomic mass is 10.1. The number of carbonyl (C=O) groups excluding carboxylic acids is 1. The lowest BCUT2D eigenvalue weighted by Crippen LogP contribution is -2.41. The Balaban J connectivity index is 2.06. The normalized spacial score (nSPS) is 11.9. The fraction of sp³-hybridized carbons (Fsp3) is 0.267. The summed E-state index contributed by atoms with van der Waals surface area (Å²) in [4.78, 5) is 23.1. The van der Waals surface area contributed by atoms with Gasteiger partial charge in [0, 0.05) is 31.8 Å². The summed E-state index contributed by atoms with van der Waals surface area (Å²) < 4.78 is 9.94. The van der Waals surface area contributed by atoms with Gasteiger partial charge in [-0.3, -0.25) is 4.79 Å². The second-order valence-electron chi connectivity index (χ2n) is 4.59. The molecule has 0 aliphatic heterocycles. The highest BCUT2D eigenvalue weighted by Gasteiger charge is 2.22. The van der Waals surface area contributed by atoms with Crippen molar-refractivity contribution < 1.29 is 24.0 Å². The molecule has 0 aliphatic carbocycles.